The molecule has 0 aliphatic heterocycles. The van der Waals surface area contributed by atoms with E-state index in [4.69, 9.17) is 4.74 Å². The third-order valence-electron chi connectivity index (χ3n) is 2.12. The van der Waals surface area contributed by atoms with E-state index in [0.717, 1.165) is 0 Å². The molecule has 1 N–H and O–H groups in total. The maximum Gasteiger partial charge on any atom is 0.328 e. The van der Waals surface area contributed by atoms with Gasteiger partial charge in [0.05, 0.1) is 6.61 Å². The molecule has 1 amide bonds. The average Bonchev–Trinajstić information content (AvgIpc) is 2.16. The molecular formula is C12H23NO3. The molecule has 0 saturated heterocycles. The third-order valence-corrected chi connectivity index (χ3v) is 2.12. The number of carbonyl (C=O) groups is 2. The first-order valence-corrected chi connectivity index (χ1v) is 5.85. The summed E-state index contributed by atoms with van der Waals surface area (Å²) in [5.74, 6) is -0.241. The molecule has 4 nitrogen and oxygen atoms in total. The first-order chi connectivity index (χ1) is 7.38. The Morgan fingerprint density at radius 2 is 1.75 bits per heavy atom. The number of amides is 1. The Balaban J connectivity index is 4.42. The van der Waals surface area contributed by atoms with Crippen LogP contribution in [0.5, 0.6) is 0 Å². The van der Waals surface area contributed by atoms with E-state index in [2.05, 4.69) is 5.32 Å². The minimum absolute atomic E-state index is 0.112. The van der Waals surface area contributed by atoms with Crippen molar-refractivity contribution in [3.8, 4) is 0 Å². The lowest BCUT2D eigenvalue weighted by atomic mass is 10.0. The van der Waals surface area contributed by atoms with Gasteiger partial charge in [0.25, 0.3) is 0 Å². The molecule has 0 aliphatic rings. The quantitative estimate of drug-likeness (QED) is 0.706. The molecule has 1 atom stereocenters. The fourth-order valence-corrected chi connectivity index (χ4v) is 1.27. The molecule has 0 aromatic heterocycles. The molecular weight excluding hydrogens is 206 g/mol. The van der Waals surface area contributed by atoms with E-state index < -0.39 is 6.04 Å². The van der Waals surface area contributed by atoms with E-state index in [1.807, 2.05) is 13.8 Å². The van der Waals surface area contributed by atoms with Crippen molar-refractivity contribution in [2.45, 2.75) is 47.1 Å². The van der Waals surface area contributed by atoms with Crippen LogP contribution in [0.25, 0.3) is 0 Å². The molecule has 0 fully saturated rings. The van der Waals surface area contributed by atoms with Gasteiger partial charge >= 0.3 is 5.97 Å². The summed E-state index contributed by atoms with van der Waals surface area (Å²) in [5, 5.41) is 2.72. The number of carbonyl (C=O) groups excluding carboxylic acids is 2. The van der Waals surface area contributed by atoms with Gasteiger partial charge in [-0.15, -0.1) is 0 Å². The Labute approximate surface area is 97.7 Å². The van der Waals surface area contributed by atoms with Crippen LogP contribution >= 0.6 is 0 Å². The van der Waals surface area contributed by atoms with Crippen LogP contribution in [0.15, 0.2) is 0 Å². The van der Waals surface area contributed by atoms with Crippen molar-refractivity contribution in [1.29, 1.82) is 0 Å². The maximum absolute atomic E-state index is 11.6. The summed E-state index contributed by atoms with van der Waals surface area (Å²) < 4.78 is 4.93. The van der Waals surface area contributed by atoms with E-state index in [9.17, 15) is 9.59 Å². The summed E-state index contributed by atoms with van der Waals surface area (Å²) in [7, 11) is 0. The molecule has 94 valence electrons. The molecule has 4 heteroatoms. The number of rotatable bonds is 6. The second-order valence-electron chi connectivity index (χ2n) is 4.60. The van der Waals surface area contributed by atoms with Gasteiger partial charge in [0.15, 0.2) is 0 Å². The second kappa shape index (κ2) is 7.25. The fourth-order valence-electron chi connectivity index (χ4n) is 1.27. The van der Waals surface area contributed by atoms with Gasteiger partial charge < -0.3 is 10.1 Å². The van der Waals surface area contributed by atoms with Gasteiger partial charge in [0.2, 0.25) is 5.91 Å². The monoisotopic (exact) mass is 229 g/mol. The van der Waals surface area contributed by atoms with Crippen LogP contribution in [0, 0.1) is 11.8 Å². The molecule has 0 aromatic rings. The van der Waals surface area contributed by atoms with Gasteiger partial charge in [-0.2, -0.15) is 0 Å². The largest absolute Gasteiger partial charge is 0.464 e. The van der Waals surface area contributed by atoms with Gasteiger partial charge in [-0.1, -0.05) is 27.7 Å². The molecule has 0 aliphatic carbocycles. The zero-order chi connectivity index (χ0) is 12.7. The average molecular weight is 229 g/mol. The third kappa shape index (κ3) is 5.73. The summed E-state index contributed by atoms with van der Waals surface area (Å²) >= 11 is 0. The zero-order valence-corrected chi connectivity index (χ0v) is 10.9. The van der Waals surface area contributed by atoms with Crippen LogP contribution in [0.4, 0.5) is 0 Å². The molecule has 0 rings (SSSR count). The highest BCUT2D eigenvalue weighted by Gasteiger charge is 2.23. The molecule has 0 bridgehead atoms. The highest BCUT2D eigenvalue weighted by Crippen LogP contribution is 2.07. The Bertz CT molecular complexity index is 236. The number of ether oxygens (including phenoxy) is 1. The van der Waals surface area contributed by atoms with Crippen molar-refractivity contribution >= 4 is 11.9 Å². The van der Waals surface area contributed by atoms with E-state index in [-0.39, 0.29) is 17.8 Å². The van der Waals surface area contributed by atoms with Crippen LogP contribution in [0.2, 0.25) is 0 Å². The minimum Gasteiger partial charge on any atom is -0.464 e. The topological polar surface area (TPSA) is 55.4 Å². The van der Waals surface area contributed by atoms with Crippen LogP contribution in [0.3, 0.4) is 0 Å². The Hall–Kier alpha value is -1.06. The minimum atomic E-state index is -0.519. The van der Waals surface area contributed by atoms with E-state index in [1.165, 1.54) is 0 Å². The number of nitrogens with one attached hydrogen (secondary N) is 1. The lowest BCUT2D eigenvalue weighted by molar-refractivity contribution is -0.148. The molecule has 0 heterocycles. The normalized spacial score (nSPS) is 12.7. The predicted octanol–water partition coefficient (Wildman–Crippen LogP) is 1.74. The lowest BCUT2D eigenvalue weighted by Gasteiger charge is -2.20. The van der Waals surface area contributed by atoms with Crippen molar-refractivity contribution in [3.63, 3.8) is 0 Å². The zero-order valence-electron chi connectivity index (χ0n) is 10.9. The standard InChI is InChI=1S/C12H23NO3/c1-6-16-12(15)10(7-8(2)3)13-11(14)9(4)5/h8-10H,6-7H2,1-5H3,(H,13,14)/t10-/m0/s1. The van der Waals surface area contributed by atoms with E-state index in [1.54, 1.807) is 20.8 Å². The van der Waals surface area contributed by atoms with Crippen LogP contribution in [-0.2, 0) is 14.3 Å². The van der Waals surface area contributed by atoms with Crippen LogP contribution in [-0.4, -0.2) is 24.5 Å². The van der Waals surface area contributed by atoms with Gasteiger partial charge in [0, 0.05) is 5.92 Å². The molecule has 0 saturated carbocycles. The second-order valence-corrected chi connectivity index (χ2v) is 4.60. The molecule has 0 radical (unpaired) electrons. The number of hydrogen-bond donors (Lipinski definition) is 1. The Morgan fingerprint density at radius 1 is 1.19 bits per heavy atom. The van der Waals surface area contributed by atoms with Gasteiger partial charge in [-0.3, -0.25) is 4.79 Å². The van der Waals surface area contributed by atoms with Crippen molar-refractivity contribution < 1.29 is 14.3 Å². The first kappa shape index (κ1) is 14.9. The Kier molecular flexibility index (Phi) is 6.77. The maximum atomic E-state index is 11.6. The van der Waals surface area contributed by atoms with Crippen LogP contribution < -0.4 is 5.32 Å². The highest BCUT2D eigenvalue weighted by molar-refractivity contribution is 5.85. The summed E-state index contributed by atoms with van der Waals surface area (Å²) in [5.41, 5.74) is 0. The van der Waals surface area contributed by atoms with Crippen molar-refractivity contribution in [1.82, 2.24) is 5.32 Å². The lowest BCUT2D eigenvalue weighted by Crippen LogP contribution is -2.44. The predicted molar refractivity (Wildman–Crippen MR) is 62.9 cm³/mol. The smallest absolute Gasteiger partial charge is 0.328 e. The van der Waals surface area contributed by atoms with Gasteiger partial charge in [-0.05, 0) is 19.3 Å². The first-order valence-electron chi connectivity index (χ1n) is 5.85. The van der Waals surface area contributed by atoms with Crippen molar-refractivity contribution in [2.24, 2.45) is 11.8 Å². The summed E-state index contributed by atoms with van der Waals surface area (Å²) in [6.45, 7) is 9.71. The van der Waals surface area contributed by atoms with E-state index in [0.29, 0.717) is 18.9 Å². The molecule has 16 heavy (non-hydrogen) atoms. The molecule has 0 aromatic carbocycles. The van der Waals surface area contributed by atoms with Gasteiger partial charge in [0.1, 0.15) is 6.04 Å². The van der Waals surface area contributed by atoms with Crippen molar-refractivity contribution in [3.05, 3.63) is 0 Å². The summed E-state index contributed by atoms with van der Waals surface area (Å²) in [6, 6.07) is -0.519. The molecule has 0 spiro atoms. The summed E-state index contributed by atoms with van der Waals surface area (Å²) in [6.07, 6.45) is 0.608. The number of esters is 1. The van der Waals surface area contributed by atoms with Gasteiger partial charge in [-0.25, -0.2) is 4.79 Å². The summed E-state index contributed by atoms with van der Waals surface area (Å²) in [4.78, 5) is 23.1. The number of hydrogen-bond acceptors (Lipinski definition) is 3. The highest BCUT2D eigenvalue weighted by atomic mass is 16.5. The van der Waals surface area contributed by atoms with Crippen molar-refractivity contribution in [2.75, 3.05) is 6.61 Å². The fraction of sp³-hybridized carbons (Fsp3) is 0.833. The SMILES string of the molecule is CCOC(=O)[C@H](CC(C)C)NC(=O)C(C)C. The Morgan fingerprint density at radius 3 is 2.12 bits per heavy atom. The molecule has 0 unspecified atom stereocenters. The van der Waals surface area contributed by atoms with E-state index >= 15 is 0 Å². The van der Waals surface area contributed by atoms with Crippen LogP contribution in [0.1, 0.15) is 41.0 Å².